The van der Waals surface area contributed by atoms with Gasteiger partial charge in [0.05, 0.1) is 0 Å². The van der Waals surface area contributed by atoms with Crippen molar-refractivity contribution in [1.82, 2.24) is 5.32 Å². The lowest BCUT2D eigenvalue weighted by Crippen LogP contribution is -2.54. The summed E-state index contributed by atoms with van der Waals surface area (Å²) in [7, 11) is 0. The van der Waals surface area contributed by atoms with Crippen LogP contribution in [0.25, 0.3) is 0 Å². The Labute approximate surface area is 126 Å². The lowest BCUT2D eigenvalue weighted by Gasteiger charge is -2.57. The molecule has 1 nitrogen and oxygen atoms in total. The number of rotatable bonds is 6. The van der Waals surface area contributed by atoms with Gasteiger partial charge in [0.25, 0.3) is 0 Å². The van der Waals surface area contributed by atoms with Crippen LogP contribution in [0.2, 0.25) is 0 Å². The molecule has 0 aliphatic heterocycles. The van der Waals surface area contributed by atoms with Crippen LogP contribution in [-0.2, 0) is 5.41 Å². The Hall–Kier alpha value is -0.340. The zero-order valence-corrected chi connectivity index (χ0v) is 14.0. The molecule has 0 heterocycles. The lowest BCUT2D eigenvalue weighted by atomic mass is 9.48. The largest absolute Gasteiger partial charge is 0.316 e. The maximum absolute atomic E-state index is 3.58. The highest BCUT2D eigenvalue weighted by molar-refractivity contribution is 9.10. The summed E-state index contributed by atoms with van der Waals surface area (Å²) in [5.41, 5.74) is 2.46. The molecule has 19 heavy (non-hydrogen) atoms. The number of halogens is 1. The Morgan fingerprint density at radius 2 is 1.63 bits per heavy atom. The van der Waals surface area contributed by atoms with Crippen molar-refractivity contribution >= 4 is 15.9 Å². The van der Waals surface area contributed by atoms with Gasteiger partial charge in [-0.2, -0.15) is 0 Å². The van der Waals surface area contributed by atoms with Crippen molar-refractivity contribution in [3.8, 4) is 0 Å². The maximum atomic E-state index is 3.58. The molecule has 2 heteroatoms. The summed E-state index contributed by atoms with van der Waals surface area (Å²) >= 11 is 3.54. The number of nitrogens with one attached hydrogen (secondary N) is 1. The fourth-order valence-corrected chi connectivity index (χ4v) is 4.00. The van der Waals surface area contributed by atoms with Crippen LogP contribution in [0.4, 0.5) is 0 Å². The lowest BCUT2D eigenvalue weighted by molar-refractivity contribution is 0.0132. The van der Waals surface area contributed by atoms with E-state index in [1.807, 2.05) is 0 Å². The summed E-state index contributed by atoms with van der Waals surface area (Å²) in [6.07, 6.45) is 5.30. The summed E-state index contributed by atoms with van der Waals surface area (Å²) in [5, 5.41) is 3.58. The van der Waals surface area contributed by atoms with Crippen LogP contribution >= 0.6 is 15.9 Å². The number of likely N-dealkylation sites (N-methyl/N-ethyl adjacent to an activating group) is 1. The van der Waals surface area contributed by atoms with Crippen molar-refractivity contribution in [3.05, 3.63) is 34.3 Å². The van der Waals surface area contributed by atoms with E-state index in [1.54, 1.807) is 0 Å². The maximum Gasteiger partial charge on any atom is 0.0175 e. The zero-order chi connectivity index (χ0) is 13.9. The Morgan fingerprint density at radius 3 is 2.11 bits per heavy atom. The van der Waals surface area contributed by atoms with Gasteiger partial charge >= 0.3 is 0 Å². The minimum atomic E-state index is 0.364. The monoisotopic (exact) mass is 323 g/mol. The molecule has 0 unspecified atom stereocenters. The molecular formula is C17H26BrN. The molecule has 1 aromatic rings. The van der Waals surface area contributed by atoms with Gasteiger partial charge in [0.15, 0.2) is 0 Å². The molecule has 2 rings (SSSR count). The third kappa shape index (κ3) is 2.90. The Morgan fingerprint density at radius 1 is 1.05 bits per heavy atom. The summed E-state index contributed by atoms with van der Waals surface area (Å²) in [6, 6.07) is 8.97. The molecule has 0 atom stereocenters. The van der Waals surface area contributed by atoms with Crippen LogP contribution in [0.15, 0.2) is 28.7 Å². The molecule has 1 aromatic carbocycles. The van der Waals surface area contributed by atoms with Crippen molar-refractivity contribution in [2.75, 3.05) is 13.1 Å². The molecule has 0 amide bonds. The highest BCUT2D eigenvalue weighted by Gasteiger charge is 2.52. The fraction of sp³-hybridized carbons (Fsp3) is 0.647. The van der Waals surface area contributed by atoms with Gasteiger partial charge in [0, 0.05) is 16.4 Å². The first-order valence-electron chi connectivity index (χ1n) is 7.56. The van der Waals surface area contributed by atoms with Gasteiger partial charge in [-0.3, -0.25) is 0 Å². The standard InChI is InChI=1S/C17H26BrN/c1-4-16(5-2)11-17(12-16,13-19-6-3)14-7-9-15(18)10-8-14/h7-10,19H,4-6,11-13H2,1-3H3. The summed E-state index contributed by atoms with van der Waals surface area (Å²) in [6.45, 7) is 9.07. The molecule has 0 saturated heterocycles. The van der Waals surface area contributed by atoms with Gasteiger partial charge < -0.3 is 5.32 Å². The SMILES string of the molecule is CCNCC1(c2ccc(Br)cc2)CC(CC)(CC)C1. The highest BCUT2D eigenvalue weighted by atomic mass is 79.9. The fourth-order valence-electron chi connectivity index (χ4n) is 3.73. The summed E-state index contributed by atoms with van der Waals surface area (Å²) < 4.78 is 1.17. The molecule has 0 aromatic heterocycles. The second-order valence-corrected chi connectivity index (χ2v) is 7.04. The van der Waals surface area contributed by atoms with E-state index >= 15 is 0 Å². The zero-order valence-electron chi connectivity index (χ0n) is 12.4. The summed E-state index contributed by atoms with van der Waals surface area (Å²) in [4.78, 5) is 0. The smallest absolute Gasteiger partial charge is 0.0175 e. The van der Waals surface area contributed by atoms with E-state index in [4.69, 9.17) is 0 Å². The van der Waals surface area contributed by atoms with Crippen molar-refractivity contribution in [2.45, 2.75) is 51.9 Å². The molecule has 1 saturated carbocycles. The third-order valence-electron chi connectivity index (χ3n) is 5.10. The van der Waals surface area contributed by atoms with Crippen LogP contribution in [-0.4, -0.2) is 13.1 Å². The topological polar surface area (TPSA) is 12.0 Å². The molecular weight excluding hydrogens is 298 g/mol. The van der Waals surface area contributed by atoms with Crippen molar-refractivity contribution in [3.63, 3.8) is 0 Å². The van der Waals surface area contributed by atoms with Crippen LogP contribution < -0.4 is 5.32 Å². The molecule has 1 aliphatic rings. The molecule has 0 bridgehead atoms. The molecule has 1 N–H and O–H groups in total. The van der Waals surface area contributed by atoms with Crippen LogP contribution in [0.5, 0.6) is 0 Å². The van der Waals surface area contributed by atoms with Gasteiger partial charge in [-0.1, -0.05) is 61.7 Å². The van der Waals surface area contributed by atoms with Crippen molar-refractivity contribution < 1.29 is 0 Å². The molecule has 0 radical (unpaired) electrons. The molecule has 106 valence electrons. The van der Waals surface area contributed by atoms with E-state index in [-0.39, 0.29) is 0 Å². The molecule has 1 aliphatic carbocycles. The van der Waals surface area contributed by atoms with Gasteiger partial charge in [-0.05, 0) is 42.5 Å². The first-order valence-corrected chi connectivity index (χ1v) is 8.36. The first kappa shape index (κ1) is 15.1. The van der Waals surface area contributed by atoms with Gasteiger partial charge in [-0.15, -0.1) is 0 Å². The van der Waals surface area contributed by atoms with E-state index < -0.39 is 0 Å². The minimum Gasteiger partial charge on any atom is -0.316 e. The van der Waals surface area contributed by atoms with Gasteiger partial charge in [0.2, 0.25) is 0 Å². The average molecular weight is 324 g/mol. The predicted octanol–water partition coefficient (Wildman–Crippen LogP) is 4.90. The van der Waals surface area contributed by atoms with Crippen LogP contribution in [0.1, 0.15) is 52.0 Å². The van der Waals surface area contributed by atoms with E-state index in [9.17, 15) is 0 Å². The van der Waals surface area contributed by atoms with E-state index in [0.29, 0.717) is 10.8 Å². The summed E-state index contributed by atoms with van der Waals surface area (Å²) in [5.74, 6) is 0. The van der Waals surface area contributed by atoms with E-state index in [2.05, 4.69) is 66.3 Å². The minimum absolute atomic E-state index is 0.364. The quantitative estimate of drug-likeness (QED) is 0.785. The average Bonchev–Trinajstić information content (AvgIpc) is 2.40. The predicted molar refractivity (Wildman–Crippen MR) is 86.6 cm³/mol. The Bertz CT molecular complexity index is 398. The first-order chi connectivity index (χ1) is 9.10. The van der Waals surface area contributed by atoms with E-state index in [0.717, 1.165) is 13.1 Å². The Kier molecular flexibility index (Phi) is 4.73. The van der Waals surface area contributed by atoms with E-state index in [1.165, 1.54) is 35.7 Å². The molecule has 0 spiro atoms. The normalized spacial score (nSPS) is 20.0. The van der Waals surface area contributed by atoms with Gasteiger partial charge in [0.1, 0.15) is 0 Å². The third-order valence-corrected chi connectivity index (χ3v) is 5.63. The Balaban J connectivity index is 2.21. The highest BCUT2D eigenvalue weighted by Crippen LogP contribution is 2.59. The second kappa shape index (κ2) is 5.97. The molecule has 1 fully saturated rings. The van der Waals surface area contributed by atoms with Crippen molar-refractivity contribution in [2.24, 2.45) is 5.41 Å². The number of benzene rings is 1. The van der Waals surface area contributed by atoms with Crippen LogP contribution in [0, 0.1) is 5.41 Å². The number of hydrogen-bond donors (Lipinski definition) is 1. The van der Waals surface area contributed by atoms with Crippen LogP contribution in [0.3, 0.4) is 0 Å². The second-order valence-electron chi connectivity index (χ2n) is 6.13. The number of hydrogen-bond acceptors (Lipinski definition) is 1. The van der Waals surface area contributed by atoms with Crippen molar-refractivity contribution in [1.29, 1.82) is 0 Å². The van der Waals surface area contributed by atoms with Gasteiger partial charge in [-0.25, -0.2) is 0 Å².